The molecule has 1 aromatic rings. The van der Waals surface area contributed by atoms with Gasteiger partial charge in [-0.05, 0) is 12.5 Å². The third-order valence-electron chi connectivity index (χ3n) is 3.26. The zero-order chi connectivity index (χ0) is 15.6. The molecule has 0 aliphatic carbocycles. The maximum absolute atomic E-state index is 12.5. The standard InChI is InChI=1S/C13H11F3N2O3/c14-13(15,16)10-3-5-17(6-4-10)12-2-1-11(18(20)21)7-9(12)8-19/h1-3,7-8H,4-6H2. The van der Waals surface area contributed by atoms with Crippen molar-refractivity contribution < 1.29 is 22.9 Å². The van der Waals surface area contributed by atoms with Gasteiger partial charge in [-0.15, -0.1) is 0 Å². The number of nitrogens with zero attached hydrogens (tertiary/aromatic N) is 2. The van der Waals surface area contributed by atoms with Crippen molar-refractivity contribution in [2.45, 2.75) is 12.6 Å². The molecule has 2 rings (SSSR count). The molecular weight excluding hydrogens is 289 g/mol. The van der Waals surface area contributed by atoms with Gasteiger partial charge in [0, 0.05) is 42.0 Å². The summed E-state index contributed by atoms with van der Waals surface area (Å²) >= 11 is 0. The first kappa shape index (κ1) is 15.0. The molecule has 21 heavy (non-hydrogen) atoms. The molecular formula is C13H11F3N2O3. The average molecular weight is 300 g/mol. The van der Waals surface area contributed by atoms with Crippen LogP contribution >= 0.6 is 0 Å². The second kappa shape index (κ2) is 5.55. The SMILES string of the molecule is O=Cc1cc([N+](=O)[O-])ccc1N1CC=C(C(F)(F)F)CC1. The molecule has 0 saturated heterocycles. The van der Waals surface area contributed by atoms with Crippen LogP contribution in [0.25, 0.3) is 0 Å². The largest absolute Gasteiger partial charge is 0.412 e. The molecule has 0 amide bonds. The third-order valence-corrected chi connectivity index (χ3v) is 3.26. The van der Waals surface area contributed by atoms with Crippen molar-refractivity contribution in [1.29, 1.82) is 0 Å². The molecule has 0 aromatic heterocycles. The molecule has 5 nitrogen and oxygen atoms in total. The Balaban J connectivity index is 2.26. The highest BCUT2D eigenvalue weighted by Crippen LogP contribution is 2.32. The van der Waals surface area contributed by atoms with Crippen LogP contribution in [0.15, 0.2) is 29.8 Å². The van der Waals surface area contributed by atoms with Gasteiger partial charge in [-0.2, -0.15) is 13.2 Å². The summed E-state index contributed by atoms with van der Waals surface area (Å²) in [5.74, 6) is 0. The predicted molar refractivity (Wildman–Crippen MR) is 69.5 cm³/mol. The molecule has 0 fully saturated rings. The number of rotatable bonds is 3. The average Bonchev–Trinajstić information content (AvgIpc) is 2.45. The van der Waals surface area contributed by atoms with E-state index in [0.717, 1.165) is 12.1 Å². The first-order valence-corrected chi connectivity index (χ1v) is 6.07. The fourth-order valence-corrected chi connectivity index (χ4v) is 2.18. The Hall–Kier alpha value is -2.38. The topological polar surface area (TPSA) is 63.4 Å². The number of nitro groups is 1. The summed E-state index contributed by atoms with van der Waals surface area (Å²) in [6.07, 6.45) is -2.99. The van der Waals surface area contributed by atoms with Crippen LogP contribution in [0.5, 0.6) is 0 Å². The van der Waals surface area contributed by atoms with Crippen LogP contribution in [0.1, 0.15) is 16.8 Å². The summed E-state index contributed by atoms with van der Waals surface area (Å²) < 4.78 is 37.6. The van der Waals surface area contributed by atoms with E-state index in [1.54, 1.807) is 4.90 Å². The number of hydrogen-bond acceptors (Lipinski definition) is 4. The van der Waals surface area contributed by atoms with Gasteiger partial charge in [-0.1, -0.05) is 6.08 Å². The van der Waals surface area contributed by atoms with E-state index in [9.17, 15) is 28.1 Å². The summed E-state index contributed by atoms with van der Waals surface area (Å²) in [6, 6.07) is 3.73. The van der Waals surface area contributed by atoms with Gasteiger partial charge in [0.15, 0.2) is 6.29 Å². The number of carbonyl (C=O) groups is 1. The van der Waals surface area contributed by atoms with Gasteiger partial charge in [-0.3, -0.25) is 14.9 Å². The number of carbonyl (C=O) groups excluding carboxylic acids is 1. The summed E-state index contributed by atoms with van der Waals surface area (Å²) in [5.41, 5.74) is -0.334. The Morgan fingerprint density at radius 2 is 2.05 bits per heavy atom. The van der Waals surface area contributed by atoms with Crippen LogP contribution in [-0.4, -0.2) is 30.5 Å². The molecule has 0 atom stereocenters. The molecule has 0 N–H and O–H groups in total. The number of anilines is 1. The number of alkyl halides is 3. The van der Waals surface area contributed by atoms with Gasteiger partial charge < -0.3 is 4.90 Å². The lowest BCUT2D eigenvalue weighted by Gasteiger charge is -2.29. The van der Waals surface area contributed by atoms with Crippen LogP contribution < -0.4 is 4.90 Å². The lowest BCUT2D eigenvalue weighted by atomic mass is 10.1. The molecule has 8 heteroatoms. The van der Waals surface area contributed by atoms with Crippen LogP contribution in [-0.2, 0) is 0 Å². The monoisotopic (exact) mass is 300 g/mol. The quantitative estimate of drug-likeness (QED) is 0.372. The van der Waals surface area contributed by atoms with Gasteiger partial charge in [0.25, 0.3) is 5.69 Å². The van der Waals surface area contributed by atoms with Crippen LogP contribution in [0.3, 0.4) is 0 Å². The number of non-ortho nitro benzene ring substituents is 1. The Kier molecular flexibility index (Phi) is 3.97. The number of benzene rings is 1. The molecule has 0 radical (unpaired) electrons. The van der Waals surface area contributed by atoms with E-state index in [2.05, 4.69) is 0 Å². The highest BCUT2D eigenvalue weighted by molar-refractivity contribution is 5.86. The minimum Gasteiger partial charge on any atom is -0.367 e. The molecule has 1 aliphatic rings. The number of nitro benzene ring substituents is 1. The number of hydrogen-bond donors (Lipinski definition) is 0. The summed E-state index contributed by atoms with van der Waals surface area (Å²) in [4.78, 5) is 22.6. The molecule has 1 aliphatic heterocycles. The fraction of sp³-hybridized carbons (Fsp3) is 0.308. The molecule has 1 heterocycles. The summed E-state index contributed by atoms with van der Waals surface area (Å²) in [6.45, 7) is 0.109. The van der Waals surface area contributed by atoms with Crippen molar-refractivity contribution in [1.82, 2.24) is 0 Å². The van der Waals surface area contributed by atoms with Crippen molar-refractivity contribution in [2.75, 3.05) is 18.0 Å². The predicted octanol–water partition coefficient (Wildman–Crippen LogP) is 3.11. The first-order valence-electron chi connectivity index (χ1n) is 6.07. The second-order valence-electron chi connectivity index (χ2n) is 4.54. The highest BCUT2D eigenvalue weighted by atomic mass is 19.4. The Morgan fingerprint density at radius 1 is 1.33 bits per heavy atom. The van der Waals surface area contributed by atoms with Gasteiger partial charge >= 0.3 is 6.18 Å². The molecule has 112 valence electrons. The van der Waals surface area contributed by atoms with E-state index in [0.29, 0.717) is 12.0 Å². The minimum absolute atomic E-state index is 0.00743. The fourth-order valence-electron chi connectivity index (χ4n) is 2.18. The normalized spacial score (nSPS) is 15.6. The van der Waals surface area contributed by atoms with Crippen molar-refractivity contribution in [3.63, 3.8) is 0 Å². The van der Waals surface area contributed by atoms with Crippen LogP contribution in [0.4, 0.5) is 24.5 Å². The summed E-state index contributed by atoms with van der Waals surface area (Å²) in [7, 11) is 0. The zero-order valence-corrected chi connectivity index (χ0v) is 10.8. The zero-order valence-electron chi connectivity index (χ0n) is 10.8. The van der Waals surface area contributed by atoms with Crippen molar-refractivity contribution >= 4 is 17.7 Å². The van der Waals surface area contributed by atoms with Crippen molar-refractivity contribution in [3.05, 3.63) is 45.5 Å². The smallest absolute Gasteiger partial charge is 0.367 e. The lowest BCUT2D eigenvalue weighted by molar-refractivity contribution is -0.384. The number of aldehydes is 1. The van der Waals surface area contributed by atoms with E-state index < -0.39 is 16.7 Å². The lowest BCUT2D eigenvalue weighted by Crippen LogP contribution is -2.32. The Morgan fingerprint density at radius 3 is 2.52 bits per heavy atom. The van der Waals surface area contributed by atoms with E-state index in [-0.39, 0.29) is 30.8 Å². The van der Waals surface area contributed by atoms with Crippen LogP contribution in [0.2, 0.25) is 0 Å². The molecule has 0 unspecified atom stereocenters. The molecule has 0 bridgehead atoms. The third kappa shape index (κ3) is 3.21. The minimum atomic E-state index is -4.34. The van der Waals surface area contributed by atoms with Gasteiger partial charge in [0.2, 0.25) is 0 Å². The van der Waals surface area contributed by atoms with E-state index in [1.165, 1.54) is 12.1 Å². The van der Waals surface area contributed by atoms with E-state index in [1.807, 2.05) is 0 Å². The van der Waals surface area contributed by atoms with Crippen LogP contribution in [0, 0.1) is 10.1 Å². The Labute approximate surface area is 117 Å². The second-order valence-corrected chi connectivity index (χ2v) is 4.54. The molecule has 0 spiro atoms. The molecule has 0 saturated carbocycles. The maximum Gasteiger partial charge on any atom is 0.412 e. The first-order chi connectivity index (χ1) is 9.82. The molecule has 1 aromatic carbocycles. The van der Waals surface area contributed by atoms with E-state index >= 15 is 0 Å². The van der Waals surface area contributed by atoms with Gasteiger partial charge in [0.1, 0.15) is 0 Å². The number of halogens is 3. The Bertz CT molecular complexity index is 611. The van der Waals surface area contributed by atoms with Gasteiger partial charge in [0.05, 0.1) is 4.92 Å². The summed E-state index contributed by atoms with van der Waals surface area (Å²) in [5, 5.41) is 10.7. The van der Waals surface area contributed by atoms with E-state index in [4.69, 9.17) is 0 Å². The maximum atomic E-state index is 12.5. The van der Waals surface area contributed by atoms with Gasteiger partial charge in [-0.25, -0.2) is 0 Å². The highest BCUT2D eigenvalue weighted by Gasteiger charge is 2.35. The van der Waals surface area contributed by atoms with Crippen molar-refractivity contribution in [2.24, 2.45) is 0 Å². The van der Waals surface area contributed by atoms with Crippen molar-refractivity contribution in [3.8, 4) is 0 Å².